The van der Waals surface area contributed by atoms with Crippen molar-refractivity contribution in [2.45, 2.75) is 0 Å². The molecule has 0 spiro atoms. The number of carbonyl (C=O) groups excluding carboxylic acids is 1. The minimum atomic E-state index is -0.621. The lowest BCUT2D eigenvalue weighted by atomic mass is 10.1. The molecule has 1 aromatic carbocycles. The summed E-state index contributed by atoms with van der Waals surface area (Å²) < 4.78 is 4.50. The van der Waals surface area contributed by atoms with Gasteiger partial charge in [-0.1, -0.05) is 12.1 Å². The standard InChI is InChI=1S/C13H14N2O2/c1-15(2)12-6-4-10(5-7-12)8-11(9-14)13(16)17-3/h4-8H,1-3H3/b11-8-. The monoisotopic (exact) mass is 230 g/mol. The van der Waals surface area contributed by atoms with E-state index in [4.69, 9.17) is 5.26 Å². The second-order valence-corrected chi connectivity index (χ2v) is 3.65. The Bertz CT molecular complexity index is 467. The minimum absolute atomic E-state index is 0.00916. The van der Waals surface area contributed by atoms with Crippen LogP contribution in [0.4, 0.5) is 5.69 Å². The van der Waals surface area contributed by atoms with Crippen LogP contribution in [-0.2, 0) is 9.53 Å². The van der Waals surface area contributed by atoms with Crippen LogP contribution in [0.1, 0.15) is 5.56 Å². The molecule has 1 aromatic rings. The molecule has 0 aliphatic rings. The molecule has 0 aliphatic carbocycles. The number of hydrogen-bond donors (Lipinski definition) is 0. The highest BCUT2D eigenvalue weighted by Crippen LogP contribution is 2.14. The molecule has 0 saturated heterocycles. The molecule has 0 heterocycles. The quantitative estimate of drug-likeness (QED) is 0.451. The number of anilines is 1. The van der Waals surface area contributed by atoms with Gasteiger partial charge < -0.3 is 9.64 Å². The van der Waals surface area contributed by atoms with Crippen molar-refractivity contribution in [3.8, 4) is 6.07 Å². The minimum Gasteiger partial charge on any atom is -0.465 e. The van der Waals surface area contributed by atoms with E-state index in [0.717, 1.165) is 11.3 Å². The summed E-state index contributed by atoms with van der Waals surface area (Å²) >= 11 is 0. The maximum atomic E-state index is 11.2. The van der Waals surface area contributed by atoms with Crippen LogP contribution < -0.4 is 4.90 Å². The molecule has 0 fully saturated rings. The van der Waals surface area contributed by atoms with Gasteiger partial charge in [0.2, 0.25) is 0 Å². The highest BCUT2D eigenvalue weighted by atomic mass is 16.5. The summed E-state index contributed by atoms with van der Waals surface area (Å²) in [6, 6.07) is 9.33. The molecule has 0 saturated carbocycles. The van der Waals surface area contributed by atoms with E-state index in [1.807, 2.05) is 49.3 Å². The zero-order chi connectivity index (χ0) is 12.8. The Labute approximate surface area is 101 Å². The second-order valence-electron chi connectivity index (χ2n) is 3.65. The fourth-order valence-corrected chi connectivity index (χ4v) is 1.28. The summed E-state index contributed by atoms with van der Waals surface area (Å²) in [7, 11) is 5.14. The van der Waals surface area contributed by atoms with E-state index in [2.05, 4.69) is 4.74 Å². The third-order valence-electron chi connectivity index (χ3n) is 2.25. The van der Waals surface area contributed by atoms with Crippen LogP contribution in [0.5, 0.6) is 0 Å². The Morgan fingerprint density at radius 3 is 2.35 bits per heavy atom. The Morgan fingerprint density at radius 2 is 1.94 bits per heavy atom. The molecular formula is C13H14N2O2. The van der Waals surface area contributed by atoms with Crippen molar-refractivity contribution in [2.75, 3.05) is 26.1 Å². The van der Waals surface area contributed by atoms with Crippen LogP contribution >= 0.6 is 0 Å². The summed E-state index contributed by atoms with van der Waals surface area (Å²) in [6.45, 7) is 0. The molecule has 4 nitrogen and oxygen atoms in total. The van der Waals surface area contributed by atoms with Crippen LogP contribution in [0, 0.1) is 11.3 Å². The van der Waals surface area contributed by atoms with E-state index >= 15 is 0 Å². The van der Waals surface area contributed by atoms with Crippen LogP contribution in [-0.4, -0.2) is 27.2 Å². The fourth-order valence-electron chi connectivity index (χ4n) is 1.28. The number of nitriles is 1. The molecule has 17 heavy (non-hydrogen) atoms. The van der Waals surface area contributed by atoms with E-state index in [-0.39, 0.29) is 5.57 Å². The Hall–Kier alpha value is -2.28. The average molecular weight is 230 g/mol. The Kier molecular flexibility index (Phi) is 4.29. The number of rotatable bonds is 3. The molecule has 0 aliphatic heterocycles. The Balaban J connectivity index is 2.98. The smallest absolute Gasteiger partial charge is 0.348 e. The van der Waals surface area contributed by atoms with Crippen molar-refractivity contribution in [3.63, 3.8) is 0 Å². The van der Waals surface area contributed by atoms with E-state index in [9.17, 15) is 4.79 Å². The van der Waals surface area contributed by atoms with Crippen molar-refractivity contribution in [3.05, 3.63) is 35.4 Å². The molecule has 0 N–H and O–H groups in total. The van der Waals surface area contributed by atoms with Gasteiger partial charge in [-0.2, -0.15) is 5.26 Å². The zero-order valence-electron chi connectivity index (χ0n) is 10.1. The van der Waals surface area contributed by atoms with Crippen molar-refractivity contribution >= 4 is 17.7 Å². The van der Waals surface area contributed by atoms with E-state index in [0.29, 0.717) is 0 Å². The summed E-state index contributed by atoms with van der Waals surface area (Å²) in [5, 5.41) is 8.80. The lowest BCUT2D eigenvalue weighted by molar-refractivity contribution is -0.135. The molecule has 0 atom stereocenters. The predicted octanol–water partition coefficient (Wildman–Crippen LogP) is 1.83. The van der Waals surface area contributed by atoms with Crippen molar-refractivity contribution in [2.24, 2.45) is 0 Å². The molecule has 1 rings (SSSR count). The van der Waals surface area contributed by atoms with Crippen LogP contribution in [0.15, 0.2) is 29.8 Å². The first kappa shape index (κ1) is 12.8. The number of nitrogens with zero attached hydrogens (tertiary/aromatic N) is 2. The molecule has 0 amide bonds. The van der Waals surface area contributed by atoms with Gasteiger partial charge in [0, 0.05) is 19.8 Å². The predicted molar refractivity (Wildman–Crippen MR) is 66.4 cm³/mol. The molecule has 4 heteroatoms. The topological polar surface area (TPSA) is 53.3 Å². The maximum absolute atomic E-state index is 11.2. The van der Waals surface area contributed by atoms with Gasteiger partial charge in [-0.15, -0.1) is 0 Å². The molecule has 0 bridgehead atoms. The molecular weight excluding hydrogens is 216 g/mol. The number of ether oxygens (including phenoxy) is 1. The van der Waals surface area contributed by atoms with Crippen molar-refractivity contribution < 1.29 is 9.53 Å². The van der Waals surface area contributed by atoms with Crippen LogP contribution in [0.3, 0.4) is 0 Å². The van der Waals surface area contributed by atoms with Gasteiger partial charge in [-0.05, 0) is 23.8 Å². The number of hydrogen-bond acceptors (Lipinski definition) is 4. The largest absolute Gasteiger partial charge is 0.465 e. The molecule has 0 radical (unpaired) electrons. The third kappa shape index (κ3) is 3.35. The van der Waals surface area contributed by atoms with E-state index < -0.39 is 5.97 Å². The summed E-state index contributed by atoms with van der Waals surface area (Å²) in [4.78, 5) is 13.2. The first-order valence-corrected chi connectivity index (χ1v) is 5.06. The number of methoxy groups -OCH3 is 1. The SMILES string of the molecule is COC(=O)/C(C#N)=C\c1ccc(N(C)C)cc1. The first-order chi connectivity index (χ1) is 8.08. The highest BCUT2D eigenvalue weighted by molar-refractivity contribution is 5.97. The summed E-state index contributed by atoms with van der Waals surface area (Å²) in [5.41, 5.74) is 1.83. The van der Waals surface area contributed by atoms with Crippen LogP contribution in [0.25, 0.3) is 6.08 Å². The summed E-state index contributed by atoms with van der Waals surface area (Å²) in [6.07, 6.45) is 1.51. The van der Waals surface area contributed by atoms with Crippen molar-refractivity contribution in [1.29, 1.82) is 5.26 Å². The zero-order valence-corrected chi connectivity index (χ0v) is 10.1. The Morgan fingerprint density at radius 1 is 1.35 bits per heavy atom. The number of esters is 1. The summed E-state index contributed by atoms with van der Waals surface area (Å²) in [5.74, 6) is -0.621. The number of carbonyl (C=O) groups is 1. The normalized spacial score (nSPS) is 10.6. The van der Waals surface area contributed by atoms with E-state index in [1.54, 1.807) is 0 Å². The van der Waals surface area contributed by atoms with E-state index in [1.165, 1.54) is 13.2 Å². The van der Waals surface area contributed by atoms with Crippen LogP contribution in [0.2, 0.25) is 0 Å². The molecule has 0 unspecified atom stereocenters. The van der Waals surface area contributed by atoms with Gasteiger partial charge >= 0.3 is 5.97 Å². The second kappa shape index (κ2) is 5.71. The lowest BCUT2D eigenvalue weighted by Crippen LogP contribution is -2.08. The van der Waals surface area contributed by atoms with Gasteiger partial charge in [0.05, 0.1) is 7.11 Å². The van der Waals surface area contributed by atoms with Gasteiger partial charge in [0.15, 0.2) is 0 Å². The first-order valence-electron chi connectivity index (χ1n) is 5.06. The average Bonchev–Trinajstić information content (AvgIpc) is 2.35. The van der Waals surface area contributed by atoms with Gasteiger partial charge in [-0.3, -0.25) is 0 Å². The highest BCUT2D eigenvalue weighted by Gasteiger charge is 2.08. The molecule has 88 valence electrons. The van der Waals surface area contributed by atoms with Gasteiger partial charge in [0.25, 0.3) is 0 Å². The van der Waals surface area contributed by atoms with Crippen molar-refractivity contribution in [1.82, 2.24) is 0 Å². The number of benzene rings is 1. The maximum Gasteiger partial charge on any atom is 0.348 e. The fraction of sp³-hybridized carbons (Fsp3) is 0.231. The molecule has 0 aromatic heterocycles. The van der Waals surface area contributed by atoms with Gasteiger partial charge in [-0.25, -0.2) is 4.79 Å². The lowest BCUT2D eigenvalue weighted by Gasteiger charge is -2.11. The third-order valence-corrected chi connectivity index (χ3v) is 2.25. The van der Waals surface area contributed by atoms with Gasteiger partial charge in [0.1, 0.15) is 11.6 Å².